The van der Waals surface area contributed by atoms with Crippen LogP contribution >= 0.6 is 0 Å². The van der Waals surface area contributed by atoms with Gasteiger partial charge in [-0.05, 0) is 85.0 Å². The standard InChI is InChI=1S/C12H12O2.C12H12O/c1-7-3-4-8(2)12-10(14)6-5-9(13)11(7)12;1-8-4-3-5-11-9(2)6-10(13)7-12(8)11/h3-6,13-14H,1-2H3;3-7,13H,1-2H3. The highest BCUT2D eigenvalue weighted by Crippen LogP contribution is 2.35. The lowest BCUT2D eigenvalue weighted by Crippen LogP contribution is -1.84. The summed E-state index contributed by atoms with van der Waals surface area (Å²) in [6.45, 7) is 7.91. The van der Waals surface area contributed by atoms with Gasteiger partial charge in [0.1, 0.15) is 17.2 Å². The van der Waals surface area contributed by atoms with Gasteiger partial charge in [0.25, 0.3) is 0 Å². The molecule has 0 aliphatic rings. The van der Waals surface area contributed by atoms with Crippen molar-refractivity contribution >= 4 is 21.5 Å². The Hall–Kier alpha value is -3.20. The summed E-state index contributed by atoms with van der Waals surface area (Å²) in [6, 6.07) is 16.7. The van der Waals surface area contributed by atoms with Crippen molar-refractivity contribution in [1.29, 1.82) is 0 Å². The summed E-state index contributed by atoms with van der Waals surface area (Å²) < 4.78 is 0. The molecular weight excluding hydrogens is 336 g/mol. The predicted octanol–water partition coefficient (Wildman–Crippen LogP) is 6.03. The number of phenols is 3. The minimum atomic E-state index is 0.221. The van der Waals surface area contributed by atoms with Crippen LogP contribution in [0.2, 0.25) is 0 Å². The Morgan fingerprint density at radius 2 is 1.07 bits per heavy atom. The van der Waals surface area contributed by atoms with E-state index in [1.165, 1.54) is 23.1 Å². The Bertz CT molecular complexity index is 1050. The number of hydrogen-bond donors (Lipinski definition) is 3. The molecule has 0 saturated carbocycles. The van der Waals surface area contributed by atoms with Crippen molar-refractivity contribution in [1.82, 2.24) is 0 Å². The smallest absolute Gasteiger partial charge is 0.123 e. The fourth-order valence-corrected chi connectivity index (χ4v) is 3.50. The van der Waals surface area contributed by atoms with Crippen molar-refractivity contribution in [2.45, 2.75) is 27.7 Å². The van der Waals surface area contributed by atoms with E-state index in [-0.39, 0.29) is 11.5 Å². The molecule has 0 radical (unpaired) electrons. The highest BCUT2D eigenvalue weighted by Gasteiger charge is 2.09. The number of fused-ring (bicyclic) bond motifs is 2. The maximum Gasteiger partial charge on any atom is 0.123 e. The summed E-state index contributed by atoms with van der Waals surface area (Å²) in [5.41, 5.74) is 4.27. The Kier molecular flexibility index (Phi) is 4.95. The first-order valence-electron chi connectivity index (χ1n) is 8.89. The first-order chi connectivity index (χ1) is 12.8. The van der Waals surface area contributed by atoms with Crippen LogP contribution in [0.25, 0.3) is 21.5 Å². The minimum absolute atomic E-state index is 0.221. The number of phenolic OH excluding ortho intramolecular Hbond substituents is 3. The van der Waals surface area contributed by atoms with Gasteiger partial charge in [-0.3, -0.25) is 0 Å². The second-order valence-corrected chi connectivity index (χ2v) is 6.99. The molecule has 4 aromatic rings. The van der Waals surface area contributed by atoms with Gasteiger partial charge in [-0.1, -0.05) is 30.3 Å². The molecule has 0 fully saturated rings. The highest BCUT2D eigenvalue weighted by atomic mass is 16.3. The van der Waals surface area contributed by atoms with Crippen molar-refractivity contribution in [2.24, 2.45) is 0 Å². The van der Waals surface area contributed by atoms with Crippen LogP contribution in [0.4, 0.5) is 0 Å². The average Bonchev–Trinajstić information content (AvgIpc) is 2.62. The van der Waals surface area contributed by atoms with Crippen LogP contribution < -0.4 is 0 Å². The summed E-state index contributed by atoms with van der Waals surface area (Å²) in [6.07, 6.45) is 0. The van der Waals surface area contributed by atoms with Gasteiger partial charge in [0.2, 0.25) is 0 Å². The van der Waals surface area contributed by atoms with Gasteiger partial charge in [0.05, 0.1) is 0 Å². The predicted molar refractivity (Wildman–Crippen MR) is 112 cm³/mol. The van der Waals surface area contributed by atoms with Crippen LogP contribution in [0.1, 0.15) is 22.3 Å². The molecule has 3 heteroatoms. The summed E-state index contributed by atoms with van der Waals surface area (Å²) in [5, 5.41) is 32.7. The normalized spacial score (nSPS) is 10.7. The molecule has 27 heavy (non-hydrogen) atoms. The molecule has 0 saturated heterocycles. The van der Waals surface area contributed by atoms with Gasteiger partial charge in [0.15, 0.2) is 0 Å². The fourth-order valence-electron chi connectivity index (χ4n) is 3.50. The second-order valence-electron chi connectivity index (χ2n) is 6.99. The monoisotopic (exact) mass is 360 g/mol. The second kappa shape index (κ2) is 7.20. The molecule has 0 spiro atoms. The zero-order valence-electron chi connectivity index (χ0n) is 16.0. The number of benzene rings is 4. The molecule has 0 aliphatic heterocycles. The summed E-state index contributed by atoms with van der Waals surface area (Å²) in [4.78, 5) is 0. The van der Waals surface area contributed by atoms with Gasteiger partial charge in [-0.2, -0.15) is 0 Å². The Morgan fingerprint density at radius 3 is 1.63 bits per heavy atom. The van der Waals surface area contributed by atoms with Gasteiger partial charge in [-0.25, -0.2) is 0 Å². The van der Waals surface area contributed by atoms with E-state index in [0.29, 0.717) is 5.75 Å². The zero-order valence-corrected chi connectivity index (χ0v) is 16.0. The van der Waals surface area contributed by atoms with Crippen molar-refractivity contribution in [2.75, 3.05) is 0 Å². The lowest BCUT2D eigenvalue weighted by atomic mass is 9.99. The van der Waals surface area contributed by atoms with Crippen molar-refractivity contribution < 1.29 is 15.3 Å². The first kappa shape index (κ1) is 18.6. The molecule has 4 rings (SSSR count). The molecule has 3 N–H and O–H groups in total. The molecule has 4 aromatic carbocycles. The van der Waals surface area contributed by atoms with E-state index in [1.807, 2.05) is 45.0 Å². The Balaban J connectivity index is 0.000000156. The van der Waals surface area contributed by atoms with Gasteiger partial charge in [-0.15, -0.1) is 0 Å². The van der Waals surface area contributed by atoms with Gasteiger partial charge < -0.3 is 15.3 Å². The van der Waals surface area contributed by atoms with Crippen molar-refractivity contribution in [3.8, 4) is 17.2 Å². The molecule has 3 nitrogen and oxygen atoms in total. The van der Waals surface area contributed by atoms with Crippen LogP contribution in [0.3, 0.4) is 0 Å². The Morgan fingerprint density at radius 1 is 0.519 bits per heavy atom. The number of rotatable bonds is 0. The Labute approximate surface area is 159 Å². The van der Waals surface area contributed by atoms with E-state index in [4.69, 9.17) is 0 Å². The van der Waals surface area contributed by atoms with Gasteiger partial charge in [0, 0.05) is 10.8 Å². The van der Waals surface area contributed by atoms with Crippen LogP contribution in [0, 0.1) is 27.7 Å². The van der Waals surface area contributed by atoms with E-state index in [1.54, 1.807) is 6.07 Å². The SMILES string of the molecule is Cc1cc(O)cc2c(C)cccc12.Cc1ccc(C)c2c(O)ccc(O)c12. The van der Waals surface area contributed by atoms with Gasteiger partial charge >= 0.3 is 0 Å². The van der Waals surface area contributed by atoms with Crippen LogP contribution in [0.15, 0.2) is 54.6 Å². The summed E-state index contributed by atoms with van der Waals surface area (Å²) in [7, 11) is 0. The third-order valence-electron chi connectivity index (χ3n) is 4.94. The summed E-state index contributed by atoms with van der Waals surface area (Å²) >= 11 is 0. The maximum absolute atomic E-state index is 9.69. The maximum atomic E-state index is 9.69. The quantitative estimate of drug-likeness (QED) is 0.336. The first-order valence-corrected chi connectivity index (χ1v) is 8.89. The van der Waals surface area contributed by atoms with E-state index < -0.39 is 0 Å². The molecule has 0 bridgehead atoms. The summed E-state index contributed by atoms with van der Waals surface area (Å²) in [5.74, 6) is 0.789. The van der Waals surface area contributed by atoms with Crippen LogP contribution in [-0.2, 0) is 0 Å². The molecule has 0 heterocycles. The third kappa shape index (κ3) is 3.54. The molecule has 0 aliphatic carbocycles. The zero-order chi connectivity index (χ0) is 19.7. The van der Waals surface area contributed by atoms with E-state index in [2.05, 4.69) is 19.1 Å². The van der Waals surface area contributed by atoms with Crippen LogP contribution in [-0.4, -0.2) is 15.3 Å². The molecule has 0 amide bonds. The lowest BCUT2D eigenvalue weighted by molar-refractivity contribution is 0.469. The number of aryl methyl sites for hydroxylation is 4. The third-order valence-corrected chi connectivity index (χ3v) is 4.94. The molecule has 0 aromatic heterocycles. The van der Waals surface area contributed by atoms with Crippen LogP contribution in [0.5, 0.6) is 17.2 Å². The van der Waals surface area contributed by atoms with E-state index >= 15 is 0 Å². The largest absolute Gasteiger partial charge is 0.508 e. The molecular formula is C24H24O3. The average molecular weight is 360 g/mol. The van der Waals surface area contributed by atoms with Crippen molar-refractivity contribution in [3.63, 3.8) is 0 Å². The lowest BCUT2D eigenvalue weighted by Gasteiger charge is -2.08. The molecule has 0 atom stereocenters. The number of hydrogen-bond acceptors (Lipinski definition) is 3. The van der Waals surface area contributed by atoms with E-state index in [9.17, 15) is 15.3 Å². The van der Waals surface area contributed by atoms with Crippen molar-refractivity contribution in [3.05, 3.63) is 76.9 Å². The highest BCUT2D eigenvalue weighted by molar-refractivity contribution is 5.97. The molecule has 0 unspecified atom stereocenters. The number of aromatic hydroxyl groups is 3. The fraction of sp³-hybridized carbons (Fsp3) is 0.167. The minimum Gasteiger partial charge on any atom is -0.508 e. The molecule has 138 valence electrons. The topological polar surface area (TPSA) is 60.7 Å². The van der Waals surface area contributed by atoms with E-state index in [0.717, 1.165) is 32.8 Å².